The highest BCUT2D eigenvalue weighted by molar-refractivity contribution is 7.89. The molecule has 0 amide bonds. The summed E-state index contributed by atoms with van der Waals surface area (Å²) in [6, 6.07) is 13.7. The highest BCUT2D eigenvalue weighted by Gasteiger charge is 2.22. The minimum absolute atomic E-state index is 0.227. The fourth-order valence-electron chi connectivity index (χ4n) is 3.87. The lowest BCUT2D eigenvalue weighted by atomic mass is 10.1. The van der Waals surface area contributed by atoms with Gasteiger partial charge in [0.25, 0.3) is 10.0 Å². The zero-order valence-corrected chi connectivity index (χ0v) is 18.5. The molecule has 30 heavy (non-hydrogen) atoms. The molecule has 8 heteroatoms. The van der Waals surface area contributed by atoms with Crippen molar-refractivity contribution in [2.45, 2.75) is 24.8 Å². The first kappa shape index (κ1) is 21.2. The fraction of sp³-hybridized carbons (Fsp3) is 0.364. The Morgan fingerprint density at radius 2 is 1.87 bits per heavy atom. The lowest BCUT2D eigenvalue weighted by Crippen LogP contribution is -2.36. The van der Waals surface area contributed by atoms with Gasteiger partial charge in [0.05, 0.1) is 13.2 Å². The van der Waals surface area contributed by atoms with Crippen molar-refractivity contribution in [1.82, 2.24) is 9.71 Å². The van der Waals surface area contributed by atoms with Crippen LogP contribution in [0.1, 0.15) is 18.1 Å². The van der Waals surface area contributed by atoms with Gasteiger partial charge in [-0.2, -0.15) is 0 Å². The van der Waals surface area contributed by atoms with E-state index in [1.807, 2.05) is 13.0 Å². The van der Waals surface area contributed by atoms with Gasteiger partial charge in [0.1, 0.15) is 0 Å². The standard InChI is InChI=1S/C22H26ClN3O3S/c1-2-19-20-15-17(23)5-8-21(20)25-22(19)30(27,28)24-10-9-16-3-6-18(7-4-16)26-11-13-29-14-12-26/h3-8,15,24-25H,2,9-14H2,1H3. The molecule has 6 nitrogen and oxygen atoms in total. The van der Waals surface area contributed by atoms with E-state index < -0.39 is 10.0 Å². The molecule has 1 aromatic heterocycles. The van der Waals surface area contributed by atoms with Gasteiger partial charge in [-0.1, -0.05) is 30.7 Å². The number of ether oxygens (including phenoxy) is 1. The smallest absolute Gasteiger partial charge is 0.256 e. The quantitative estimate of drug-likeness (QED) is 0.578. The molecule has 2 N–H and O–H groups in total. The Kier molecular flexibility index (Phi) is 6.34. The van der Waals surface area contributed by atoms with Crippen LogP contribution in [-0.4, -0.2) is 46.2 Å². The number of aromatic amines is 1. The summed E-state index contributed by atoms with van der Waals surface area (Å²) < 4.78 is 34.0. The lowest BCUT2D eigenvalue weighted by Gasteiger charge is -2.28. The molecule has 1 aliphatic heterocycles. The molecule has 0 saturated carbocycles. The Labute approximate surface area is 182 Å². The number of nitrogens with zero attached hydrogens (tertiary/aromatic N) is 1. The summed E-state index contributed by atoms with van der Waals surface area (Å²) in [7, 11) is -3.64. The van der Waals surface area contributed by atoms with Crippen molar-refractivity contribution >= 4 is 38.2 Å². The minimum atomic E-state index is -3.64. The first-order valence-electron chi connectivity index (χ1n) is 10.2. The van der Waals surface area contributed by atoms with Crippen LogP contribution >= 0.6 is 11.6 Å². The lowest BCUT2D eigenvalue weighted by molar-refractivity contribution is 0.122. The second-order valence-corrected chi connectivity index (χ2v) is 9.53. The molecular weight excluding hydrogens is 422 g/mol. The third-order valence-corrected chi connectivity index (χ3v) is 7.17. The number of morpholine rings is 1. The second kappa shape index (κ2) is 8.98. The molecule has 3 aromatic rings. The number of aromatic nitrogens is 1. The molecule has 0 atom stereocenters. The van der Waals surface area contributed by atoms with Gasteiger partial charge >= 0.3 is 0 Å². The number of halogens is 1. The van der Waals surface area contributed by atoms with Gasteiger partial charge in [0, 0.05) is 41.2 Å². The van der Waals surface area contributed by atoms with Crippen LogP contribution in [0.15, 0.2) is 47.5 Å². The number of hydrogen-bond acceptors (Lipinski definition) is 4. The molecule has 0 radical (unpaired) electrons. The van der Waals surface area contributed by atoms with Gasteiger partial charge < -0.3 is 14.6 Å². The summed E-state index contributed by atoms with van der Waals surface area (Å²) in [6.07, 6.45) is 1.22. The Morgan fingerprint density at radius 3 is 2.57 bits per heavy atom. The van der Waals surface area contributed by atoms with Gasteiger partial charge in [-0.25, -0.2) is 13.1 Å². The predicted molar refractivity (Wildman–Crippen MR) is 121 cm³/mol. The number of aryl methyl sites for hydroxylation is 1. The van der Waals surface area contributed by atoms with E-state index in [1.54, 1.807) is 12.1 Å². The third-order valence-electron chi connectivity index (χ3n) is 5.47. The molecule has 160 valence electrons. The molecule has 0 spiro atoms. The molecule has 1 saturated heterocycles. The third kappa shape index (κ3) is 4.49. The van der Waals surface area contributed by atoms with Crippen LogP contribution in [0.3, 0.4) is 0 Å². The average Bonchev–Trinajstić information content (AvgIpc) is 3.13. The number of benzene rings is 2. The van der Waals surface area contributed by atoms with Crippen molar-refractivity contribution in [3.63, 3.8) is 0 Å². The van der Waals surface area contributed by atoms with E-state index in [9.17, 15) is 8.42 Å². The van der Waals surface area contributed by atoms with Crippen LogP contribution in [0.4, 0.5) is 5.69 Å². The predicted octanol–water partition coefficient (Wildman–Crippen LogP) is 3.74. The zero-order valence-electron chi connectivity index (χ0n) is 16.9. The topological polar surface area (TPSA) is 74.4 Å². The first-order chi connectivity index (χ1) is 14.5. The van der Waals surface area contributed by atoms with E-state index in [2.05, 4.69) is 38.9 Å². The van der Waals surface area contributed by atoms with Gasteiger partial charge in [-0.05, 0) is 54.3 Å². The van der Waals surface area contributed by atoms with Crippen molar-refractivity contribution in [1.29, 1.82) is 0 Å². The van der Waals surface area contributed by atoms with Gasteiger partial charge in [-0.15, -0.1) is 0 Å². The van der Waals surface area contributed by atoms with E-state index in [1.165, 1.54) is 5.69 Å². The number of nitrogens with one attached hydrogen (secondary N) is 2. The minimum Gasteiger partial charge on any atom is -0.378 e. The molecule has 4 rings (SSSR count). The van der Waals surface area contributed by atoms with Crippen molar-refractivity contribution in [3.05, 3.63) is 58.6 Å². The van der Waals surface area contributed by atoms with Gasteiger partial charge in [0.15, 0.2) is 5.03 Å². The Balaban J connectivity index is 1.43. The van der Waals surface area contributed by atoms with E-state index in [-0.39, 0.29) is 5.03 Å². The van der Waals surface area contributed by atoms with Crippen LogP contribution in [0, 0.1) is 0 Å². The molecular formula is C22H26ClN3O3S. The number of H-pyrrole nitrogens is 1. The number of fused-ring (bicyclic) bond motifs is 1. The summed E-state index contributed by atoms with van der Waals surface area (Å²) >= 11 is 6.10. The van der Waals surface area contributed by atoms with E-state index in [0.29, 0.717) is 24.4 Å². The van der Waals surface area contributed by atoms with E-state index in [0.717, 1.165) is 48.3 Å². The van der Waals surface area contributed by atoms with E-state index >= 15 is 0 Å². The zero-order chi connectivity index (χ0) is 21.1. The SMILES string of the molecule is CCc1c(S(=O)(=O)NCCc2ccc(N3CCOCC3)cc2)[nH]c2ccc(Cl)cc12. The summed E-state index contributed by atoms with van der Waals surface area (Å²) in [5.74, 6) is 0. The highest BCUT2D eigenvalue weighted by Crippen LogP contribution is 2.28. The van der Waals surface area contributed by atoms with Gasteiger partial charge in [0.2, 0.25) is 0 Å². The van der Waals surface area contributed by atoms with E-state index in [4.69, 9.17) is 16.3 Å². The maximum Gasteiger partial charge on any atom is 0.256 e. The largest absolute Gasteiger partial charge is 0.378 e. The molecule has 2 aromatic carbocycles. The average molecular weight is 448 g/mol. The molecule has 2 heterocycles. The number of rotatable bonds is 7. The molecule has 0 aliphatic carbocycles. The molecule has 1 fully saturated rings. The summed E-state index contributed by atoms with van der Waals surface area (Å²) in [5.41, 5.74) is 3.80. The Bertz CT molecular complexity index is 1120. The van der Waals surface area contributed by atoms with Gasteiger partial charge in [-0.3, -0.25) is 0 Å². The highest BCUT2D eigenvalue weighted by atomic mass is 35.5. The summed E-state index contributed by atoms with van der Waals surface area (Å²) in [4.78, 5) is 5.35. The first-order valence-corrected chi connectivity index (χ1v) is 12.1. The number of sulfonamides is 1. The Morgan fingerprint density at radius 1 is 1.13 bits per heavy atom. The van der Waals surface area contributed by atoms with Crippen LogP contribution in [0.2, 0.25) is 5.02 Å². The van der Waals surface area contributed by atoms with Crippen molar-refractivity contribution in [2.75, 3.05) is 37.7 Å². The second-order valence-electron chi connectivity index (χ2n) is 7.39. The normalized spacial score (nSPS) is 15.1. The van der Waals surface area contributed by atoms with Crippen molar-refractivity contribution < 1.29 is 13.2 Å². The fourth-order valence-corrected chi connectivity index (χ4v) is 5.38. The summed E-state index contributed by atoms with van der Waals surface area (Å²) in [6.45, 7) is 5.58. The maximum atomic E-state index is 12.9. The van der Waals surface area contributed by atoms with Crippen LogP contribution < -0.4 is 9.62 Å². The summed E-state index contributed by atoms with van der Waals surface area (Å²) in [5, 5.41) is 1.67. The van der Waals surface area contributed by atoms with Crippen LogP contribution in [0.25, 0.3) is 10.9 Å². The molecule has 0 unspecified atom stereocenters. The Hall–Kier alpha value is -2.06. The van der Waals surface area contributed by atoms with Crippen molar-refractivity contribution in [3.8, 4) is 0 Å². The maximum absolute atomic E-state index is 12.9. The number of anilines is 1. The molecule has 1 aliphatic rings. The monoisotopic (exact) mass is 447 g/mol. The molecule has 0 bridgehead atoms. The van der Waals surface area contributed by atoms with Crippen LogP contribution in [0.5, 0.6) is 0 Å². The number of hydrogen-bond donors (Lipinski definition) is 2. The van der Waals surface area contributed by atoms with Crippen molar-refractivity contribution in [2.24, 2.45) is 0 Å². The van der Waals surface area contributed by atoms with Crippen LogP contribution in [-0.2, 0) is 27.6 Å².